The number of anilines is 2. The third-order valence-corrected chi connectivity index (χ3v) is 4.37. The van der Waals surface area contributed by atoms with Gasteiger partial charge in [0.05, 0.1) is 25.0 Å². The van der Waals surface area contributed by atoms with Gasteiger partial charge in [-0.25, -0.2) is 9.37 Å². The maximum absolute atomic E-state index is 14.1. The predicted octanol–water partition coefficient (Wildman–Crippen LogP) is 1.98. The Morgan fingerprint density at radius 1 is 1.38 bits per heavy atom. The monoisotopic (exact) mass is 358 g/mol. The maximum atomic E-state index is 14.1. The molecule has 7 heteroatoms. The molecule has 1 aliphatic heterocycles. The van der Waals surface area contributed by atoms with Crippen LogP contribution in [0.2, 0.25) is 0 Å². The lowest BCUT2D eigenvalue weighted by Crippen LogP contribution is -2.36. The SMILES string of the molecule is CC(O)Cc1cc(C(=N)c2ccnc(N3CCOCC3)c2)c(N)cc1F. The van der Waals surface area contributed by atoms with E-state index in [1.807, 2.05) is 6.07 Å². The highest BCUT2D eigenvalue weighted by atomic mass is 19.1. The fourth-order valence-electron chi connectivity index (χ4n) is 3.02. The standard InChI is InChI=1S/C19H23FN4O2/c1-12(25)8-14-9-15(17(21)11-16(14)20)19(22)13-2-3-23-18(10-13)24-4-6-26-7-5-24/h2-3,9-12,22,25H,4-8,21H2,1H3. The van der Waals surface area contributed by atoms with Gasteiger partial charge in [0, 0.05) is 42.5 Å². The number of pyridine rings is 1. The molecule has 0 radical (unpaired) electrons. The van der Waals surface area contributed by atoms with Crippen LogP contribution in [0.25, 0.3) is 0 Å². The van der Waals surface area contributed by atoms with Gasteiger partial charge < -0.3 is 20.5 Å². The van der Waals surface area contributed by atoms with Crippen LogP contribution in [0, 0.1) is 11.2 Å². The van der Waals surface area contributed by atoms with Gasteiger partial charge in [0.25, 0.3) is 0 Å². The Balaban J connectivity index is 1.91. The number of benzene rings is 1. The molecule has 1 fully saturated rings. The highest BCUT2D eigenvalue weighted by Crippen LogP contribution is 2.24. The molecule has 0 saturated carbocycles. The number of aromatic nitrogens is 1. The summed E-state index contributed by atoms with van der Waals surface area (Å²) in [6.45, 7) is 4.40. The van der Waals surface area contributed by atoms with Gasteiger partial charge in [0.1, 0.15) is 11.6 Å². The van der Waals surface area contributed by atoms with Gasteiger partial charge in [-0.15, -0.1) is 0 Å². The summed E-state index contributed by atoms with van der Waals surface area (Å²) in [5.41, 5.74) is 7.80. The largest absolute Gasteiger partial charge is 0.398 e. The summed E-state index contributed by atoms with van der Waals surface area (Å²) in [5.74, 6) is 0.309. The van der Waals surface area contributed by atoms with Gasteiger partial charge in [-0.2, -0.15) is 0 Å². The molecule has 0 amide bonds. The normalized spacial score (nSPS) is 15.7. The Morgan fingerprint density at radius 3 is 2.81 bits per heavy atom. The van der Waals surface area contributed by atoms with Crippen molar-refractivity contribution in [1.82, 2.24) is 4.98 Å². The third-order valence-electron chi connectivity index (χ3n) is 4.37. The van der Waals surface area contributed by atoms with Gasteiger partial charge in [0.15, 0.2) is 0 Å². The summed E-state index contributed by atoms with van der Waals surface area (Å²) >= 11 is 0. The van der Waals surface area contributed by atoms with Crippen molar-refractivity contribution < 1.29 is 14.2 Å². The molecule has 1 aromatic carbocycles. The fraction of sp³-hybridized carbons (Fsp3) is 0.368. The lowest BCUT2D eigenvalue weighted by Gasteiger charge is -2.28. The van der Waals surface area contributed by atoms with Gasteiger partial charge in [-0.3, -0.25) is 5.41 Å². The molecule has 1 unspecified atom stereocenters. The average molecular weight is 358 g/mol. The van der Waals surface area contributed by atoms with Crippen molar-refractivity contribution in [3.63, 3.8) is 0 Å². The summed E-state index contributed by atoms with van der Waals surface area (Å²) < 4.78 is 19.4. The van der Waals surface area contributed by atoms with Gasteiger partial charge in [0.2, 0.25) is 0 Å². The Hall–Kier alpha value is -2.51. The van der Waals surface area contributed by atoms with E-state index in [4.69, 9.17) is 15.9 Å². The molecule has 1 aromatic heterocycles. The third kappa shape index (κ3) is 4.00. The lowest BCUT2D eigenvalue weighted by molar-refractivity contribution is 0.122. The number of nitrogen functional groups attached to an aromatic ring is 1. The molecule has 2 heterocycles. The molecule has 26 heavy (non-hydrogen) atoms. The number of nitrogens with two attached hydrogens (primary N) is 1. The molecule has 2 aromatic rings. The number of hydrogen-bond acceptors (Lipinski definition) is 6. The molecule has 138 valence electrons. The van der Waals surface area contributed by atoms with E-state index >= 15 is 0 Å². The molecule has 0 aliphatic carbocycles. The zero-order valence-corrected chi connectivity index (χ0v) is 14.7. The summed E-state index contributed by atoms with van der Waals surface area (Å²) in [5, 5.41) is 18.1. The summed E-state index contributed by atoms with van der Waals surface area (Å²) in [7, 11) is 0. The zero-order valence-electron chi connectivity index (χ0n) is 14.7. The van der Waals surface area contributed by atoms with Crippen LogP contribution in [0.15, 0.2) is 30.5 Å². The molecular weight excluding hydrogens is 335 g/mol. The van der Waals surface area contributed by atoms with Gasteiger partial charge >= 0.3 is 0 Å². The van der Waals surface area contributed by atoms with Crippen molar-refractivity contribution >= 4 is 17.2 Å². The topological polar surface area (TPSA) is 95.5 Å². The van der Waals surface area contributed by atoms with Crippen LogP contribution < -0.4 is 10.6 Å². The second-order valence-electron chi connectivity index (χ2n) is 6.46. The summed E-state index contributed by atoms with van der Waals surface area (Å²) in [6.07, 6.45) is 1.15. The van der Waals surface area contributed by atoms with E-state index in [1.165, 1.54) is 6.07 Å². The highest BCUT2D eigenvalue weighted by molar-refractivity contribution is 6.14. The molecular formula is C19H23FN4O2. The second-order valence-corrected chi connectivity index (χ2v) is 6.46. The van der Waals surface area contributed by atoms with Crippen LogP contribution in [0.5, 0.6) is 0 Å². The van der Waals surface area contributed by atoms with E-state index < -0.39 is 11.9 Å². The van der Waals surface area contributed by atoms with Gasteiger partial charge in [-0.05, 0) is 36.8 Å². The van der Waals surface area contributed by atoms with Crippen molar-refractivity contribution in [1.29, 1.82) is 5.41 Å². The number of nitrogens with one attached hydrogen (secondary N) is 1. The van der Waals surface area contributed by atoms with Crippen molar-refractivity contribution in [2.45, 2.75) is 19.4 Å². The van der Waals surface area contributed by atoms with Crippen molar-refractivity contribution in [2.75, 3.05) is 36.9 Å². The lowest BCUT2D eigenvalue weighted by atomic mass is 9.97. The Kier molecular flexibility index (Phi) is 5.49. The first kappa shape index (κ1) is 18.3. The van der Waals surface area contributed by atoms with E-state index in [0.717, 1.165) is 18.9 Å². The van der Waals surface area contributed by atoms with E-state index in [9.17, 15) is 9.50 Å². The smallest absolute Gasteiger partial charge is 0.129 e. The zero-order chi connectivity index (χ0) is 18.7. The minimum Gasteiger partial charge on any atom is -0.398 e. The number of hydrogen-bond donors (Lipinski definition) is 3. The van der Waals surface area contributed by atoms with Crippen LogP contribution >= 0.6 is 0 Å². The Morgan fingerprint density at radius 2 is 2.12 bits per heavy atom. The van der Waals surface area contributed by atoms with Gasteiger partial charge in [-0.1, -0.05) is 0 Å². The fourth-order valence-corrected chi connectivity index (χ4v) is 3.02. The number of nitrogens with zero attached hydrogens (tertiary/aromatic N) is 2. The molecule has 3 rings (SSSR count). The molecule has 4 N–H and O–H groups in total. The molecule has 6 nitrogen and oxygen atoms in total. The number of aliphatic hydroxyl groups excluding tert-OH is 1. The second kappa shape index (κ2) is 7.80. The Bertz CT molecular complexity index is 804. The summed E-state index contributed by atoms with van der Waals surface area (Å²) in [6, 6.07) is 6.34. The van der Waals surface area contributed by atoms with E-state index in [2.05, 4.69) is 9.88 Å². The average Bonchev–Trinajstić information content (AvgIpc) is 2.64. The van der Waals surface area contributed by atoms with Crippen LogP contribution in [0.4, 0.5) is 15.9 Å². The van der Waals surface area contributed by atoms with Crippen molar-refractivity contribution in [3.05, 3.63) is 53.0 Å². The van der Waals surface area contributed by atoms with E-state index in [0.29, 0.717) is 29.9 Å². The van der Waals surface area contributed by atoms with Crippen LogP contribution in [-0.2, 0) is 11.2 Å². The van der Waals surface area contributed by atoms with Crippen molar-refractivity contribution in [2.24, 2.45) is 0 Å². The minimum absolute atomic E-state index is 0.168. The van der Waals surface area contributed by atoms with Crippen molar-refractivity contribution in [3.8, 4) is 0 Å². The first-order valence-electron chi connectivity index (χ1n) is 8.59. The molecule has 1 saturated heterocycles. The first-order chi connectivity index (χ1) is 12.5. The molecule has 1 aliphatic rings. The number of aliphatic hydroxyl groups is 1. The number of ether oxygens (including phenoxy) is 1. The van der Waals surface area contributed by atoms with E-state index in [1.54, 1.807) is 25.3 Å². The van der Waals surface area contributed by atoms with Crippen LogP contribution in [0.1, 0.15) is 23.6 Å². The first-order valence-corrected chi connectivity index (χ1v) is 8.59. The maximum Gasteiger partial charge on any atom is 0.129 e. The number of morpholine rings is 1. The number of halogens is 1. The Labute approximate surface area is 151 Å². The predicted molar refractivity (Wildman–Crippen MR) is 99.4 cm³/mol. The quantitative estimate of drug-likeness (QED) is 0.561. The summed E-state index contributed by atoms with van der Waals surface area (Å²) in [4.78, 5) is 6.49. The molecule has 0 bridgehead atoms. The van der Waals surface area contributed by atoms with E-state index in [-0.39, 0.29) is 17.8 Å². The van der Waals surface area contributed by atoms with Crippen LogP contribution in [0.3, 0.4) is 0 Å². The highest BCUT2D eigenvalue weighted by Gasteiger charge is 2.17. The minimum atomic E-state index is -0.677. The van der Waals surface area contributed by atoms with Crippen LogP contribution in [-0.4, -0.2) is 48.2 Å². The number of rotatable bonds is 5. The molecule has 0 spiro atoms. The molecule has 1 atom stereocenters.